The number of aryl methyl sites for hydroxylation is 1. The van der Waals surface area contributed by atoms with E-state index in [-0.39, 0.29) is 0 Å². The van der Waals surface area contributed by atoms with Gasteiger partial charge in [-0.25, -0.2) is 9.97 Å². The Morgan fingerprint density at radius 3 is 2.80 bits per heavy atom. The van der Waals surface area contributed by atoms with Crippen molar-refractivity contribution in [3.05, 3.63) is 53.5 Å². The third-order valence-electron chi connectivity index (χ3n) is 3.05. The van der Waals surface area contributed by atoms with Crippen LogP contribution >= 0.6 is 0 Å². The fraction of sp³-hybridized carbons (Fsp3) is 0.267. The second kappa shape index (κ2) is 6.14. The second-order valence-electron chi connectivity index (χ2n) is 4.57. The number of carbonyl (C=O) groups is 1. The Hall–Kier alpha value is -2.43. The van der Waals surface area contributed by atoms with Crippen molar-refractivity contribution in [1.82, 2.24) is 9.97 Å². The van der Waals surface area contributed by atoms with Crippen molar-refractivity contribution in [2.24, 2.45) is 0 Å². The molecule has 0 aliphatic carbocycles. The minimum atomic E-state index is -0.910. The monoisotopic (exact) mass is 272 g/mol. The van der Waals surface area contributed by atoms with Crippen LogP contribution in [-0.2, 0) is 11.2 Å². The molecule has 20 heavy (non-hydrogen) atoms. The number of benzene rings is 1. The molecule has 5 heteroatoms. The molecule has 2 aromatic rings. The minimum absolute atomic E-state index is 0.366. The smallest absolute Gasteiger partial charge is 0.312 e. The molecule has 1 heterocycles. The molecule has 5 nitrogen and oxygen atoms in total. The molecule has 104 valence electrons. The van der Waals surface area contributed by atoms with Gasteiger partial charge in [0.05, 0.1) is 12.8 Å². The quantitative estimate of drug-likeness (QED) is 0.903. The van der Waals surface area contributed by atoms with E-state index in [9.17, 15) is 9.90 Å². The zero-order valence-electron chi connectivity index (χ0n) is 11.4. The maximum absolute atomic E-state index is 11.5. The number of rotatable bonds is 5. The first-order valence-corrected chi connectivity index (χ1v) is 6.24. The Bertz CT molecular complexity index is 614. The second-order valence-corrected chi connectivity index (χ2v) is 4.57. The molecule has 1 atom stereocenters. The van der Waals surface area contributed by atoms with E-state index in [1.807, 2.05) is 31.2 Å². The summed E-state index contributed by atoms with van der Waals surface area (Å²) >= 11 is 0. The zero-order chi connectivity index (χ0) is 14.5. The van der Waals surface area contributed by atoms with Crippen LogP contribution in [0.15, 0.2) is 36.7 Å². The summed E-state index contributed by atoms with van der Waals surface area (Å²) in [5.41, 5.74) is 2.52. The third-order valence-corrected chi connectivity index (χ3v) is 3.05. The maximum atomic E-state index is 11.5. The summed E-state index contributed by atoms with van der Waals surface area (Å²) in [6, 6.07) is 9.36. The van der Waals surface area contributed by atoms with Gasteiger partial charge in [0.1, 0.15) is 12.2 Å². The van der Waals surface area contributed by atoms with Crippen LogP contribution in [0.2, 0.25) is 0 Å². The molecule has 0 spiro atoms. The molecule has 1 aromatic carbocycles. The summed E-state index contributed by atoms with van der Waals surface area (Å²) in [6.07, 6.45) is 1.71. The lowest BCUT2D eigenvalue weighted by Gasteiger charge is -2.12. The van der Waals surface area contributed by atoms with Crippen molar-refractivity contribution in [3.63, 3.8) is 0 Å². The van der Waals surface area contributed by atoms with Crippen molar-refractivity contribution >= 4 is 5.97 Å². The van der Waals surface area contributed by atoms with Crippen LogP contribution in [0.3, 0.4) is 0 Å². The number of nitrogens with zero attached hydrogens (tertiary/aromatic N) is 2. The number of carboxylic acid groups (broad SMARTS) is 1. The molecule has 1 aromatic heterocycles. The molecule has 0 fully saturated rings. The highest BCUT2D eigenvalue weighted by Crippen LogP contribution is 2.22. The van der Waals surface area contributed by atoms with Gasteiger partial charge in [0.15, 0.2) is 0 Å². The maximum Gasteiger partial charge on any atom is 0.312 e. The lowest BCUT2D eigenvalue weighted by atomic mass is 9.95. The molecule has 0 bridgehead atoms. The number of ether oxygens (including phenoxy) is 1. The number of hydrogen-bond acceptors (Lipinski definition) is 4. The normalized spacial score (nSPS) is 11.9. The number of carboxylic acids is 1. The molecule has 1 unspecified atom stereocenters. The first-order valence-electron chi connectivity index (χ1n) is 6.24. The van der Waals surface area contributed by atoms with Crippen LogP contribution < -0.4 is 4.74 Å². The fourth-order valence-electron chi connectivity index (χ4n) is 2.05. The molecule has 2 rings (SSSR count). The van der Waals surface area contributed by atoms with Gasteiger partial charge >= 0.3 is 5.97 Å². The summed E-state index contributed by atoms with van der Waals surface area (Å²) in [5, 5.41) is 9.42. The highest BCUT2D eigenvalue weighted by atomic mass is 16.5. The Morgan fingerprint density at radius 1 is 1.35 bits per heavy atom. The standard InChI is InChI=1S/C15H16N2O3/c1-10-4-3-5-11(6-10)7-12(15(18)19)13-8-14(20-2)17-9-16-13/h3-6,8-9,12H,7H2,1-2H3,(H,18,19). The van der Waals surface area contributed by atoms with Crippen LogP contribution in [0.1, 0.15) is 22.7 Å². The van der Waals surface area contributed by atoms with E-state index in [1.165, 1.54) is 13.4 Å². The lowest BCUT2D eigenvalue weighted by molar-refractivity contribution is -0.138. The van der Waals surface area contributed by atoms with Crippen LogP contribution in [0, 0.1) is 6.92 Å². The SMILES string of the molecule is COc1cc(C(Cc2cccc(C)c2)C(=O)O)ncn1. The predicted octanol–water partition coefficient (Wildman–Crippen LogP) is 2.20. The van der Waals surface area contributed by atoms with E-state index in [0.29, 0.717) is 18.0 Å². The van der Waals surface area contributed by atoms with Crippen molar-refractivity contribution in [2.45, 2.75) is 19.3 Å². The van der Waals surface area contributed by atoms with Gasteiger partial charge in [-0.3, -0.25) is 4.79 Å². The van der Waals surface area contributed by atoms with Crippen molar-refractivity contribution in [3.8, 4) is 5.88 Å². The highest BCUT2D eigenvalue weighted by molar-refractivity contribution is 5.76. The largest absolute Gasteiger partial charge is 0.481 e. The molecule has 0 aliphatic heterocycles. The first kappa shape index (κ1) is 14.0. The number of aliphatic carboxylic acids is 1. The van der Waals surface area contributed by atoms with Gasteiger partial charge in [-0.05, 0) is 18.9 Å². The third kappa shape index (κ3) is 3.32. The fourth-order valence-corrected chi connectivity index (χ4v) is 2.05. The summed E-state index contributed by atoms with van der Waals surface area (Å²) in [6.45, 7) is 1.98. The van der Waals surface area contributed by atoms with Crippen LogP contribution in [0.25, 0.3) is 0 Å². The summed E-state index contributed by atoms with van der Waals surface area (Å²) in [7, 11) is 1.49. The molecule has 0 saturated carbocycles. The summed E-state index contributed by atoms with van der Waals surface area (Å²) in [5.74, 6) is -1.26. The Labute approximate surface area is 117 Å². The Morgan fingerprint density at radius 2 is 2.15 bits per heavy atom. The minimum Gasteiger partial charge on any atom is -0.481 e. The number of hydrogen-bond donors (Lipinski definition) is 1. The summed E-state index contributed by atoms with van der Waals surface area (Å²) in [4.78, 5) is 19.4. The molecular formula is C15H16N2O3. The Balaban J connectivity index is 2.29. The van der Waals surface area contributed by atoms with E-state index >= 15 is 0 Å². The van der Waals surface area contributed by atoms with Crippen molar-refractivity contribution in [1.29, 1.82) is 0 Å². The zero-order valence-corrected chi connectivity index (χ0v) is 11.4. The highest BCUT2D eigenvalue weighted by Gasteiger charge is 2.22. The van der Waals surface area contributed by atoms with Crippen LogP contribution in [0.4, 0.5) is 0 Å². The average Bonchev–Trinajstić information content (AvgIpc) is 2.44. The van der Waals surface area contributed by atoms with Gasteiger partial charge in [0.25, 0.3) is 0 Å². The van der Waals surface area contributed by atoms with Gasteiger partial charge in [0, 0.05) is 6.07 Å². The van der Waals surface area contributed by atoms with E-state index in [1.54, 1.807) is 6.07 Å². The van der Waals surface area contributed by atoms with E-state index < -0.39 is 11.9 Å². The summed E-state index contributed by atoms with van der Waals surface area (Å²) < 4.78 is 5.01. The van der Waals surface area contributed by atoms with Gasteiger partial charge in [-0.2, -0.15) is 0 Å². The van der Waals surface area contributed by atoms with Crippen molar-refractivity contribution in [2.75, 3.05) is 7.11 Å². The molecule has 0 amide bonds. The van der Waals surface area contributed by atoms with Gasteiger partial charge in [-0.15, -0.1) is 0 Å². The van der Waals surface area contributed by atoms with Gasteiger partial charge in [-0.1, -0.05) is 29.8 Å². The molecule has 0 radical (unpaired) electrons. The van der Waals surface area contributed by atoms with Gasteiger partial charge in [0.2, 0.25) is 5.88 Å². The number of methoxy groups -OCH3 is 1. The average molecular weight is 272 g/mol. The topological polar surface area (TPSA) is 72.3 Å². The van der Waals surface area contributed by atoms with E-state index in [4.69, 9.17) is 4.74 Å². The predicted molar refractivity (Wildman–Crippen MR) is 73.8 cm³/mol. The lowest BCUT2D eigenvalue weighted by Crippen LogP contribution is -2.16. The molecular weight excluding hydrogens is 256 g/mol. The van der Waals surface area contributed by atoms with Crippen molar-refractivity contribution < 1.29 is 14.6 Å². The van der Waals surface area contributed by atoms with E-state index in [0.717, 1.165) is 11.1 Å². The van der Waals surface area contributed by atoms with Crippen LogP contribution in [-0.4, -0.2) is 28.2 Å². The molecule has 0 aliphatic rings. The Kier molecular flexibility index (Phi) is 4.30. The first-order chi connectivity index (χ1) is 9.60. The number of aromatic nitrogens is 2. The molecule has 1 N–H and O–H groups in total. The van der Waals surface area contributed by atoms with E-state index in [2.05, 4.69) is 9.97 Å². The van der Waals surface area contributed by atoms with Gasteiger partial charge < -0.3 is 9.84 Å². The molecule has 0 saturated heterocycles. The van der Waals surface area contributed by atoms with Crippen LogP contribution in [0.5, 0.6) is 5.88 Å².